The van der Waals surface area contributed by atoms with E-state index in [1.165, 1.54) is 32.4 Å². The van der Waals surface area contributed by atoms with Gasteiger partial charge in [0.1, 0.15) is 23.6 Å². The van der Waals surface area contributed by atoms with E-state index < -0.39 is 16.4 Å². The van der Waals surface area contributed by atoms with Crippen LogP contribution in [0.15, 0.2) is 72.8 Å². The monoisotopic (exact) mass is 611 g/mol. The van der Waals surface area contributed by atoms with Crippen LogP contribution in [0.5, 0.6) is 23.0 Å². The second kappa shape index (κ2) is 12.2. The highest BCUT2D eigenvalue weighted by Gasteiger charge is 2.39. The van der Waals surface area contributed by atoms with E-state index in [9.17, 15) is 19.7 Å². The van der Waals surface area contributed by atoms with Crippen molar-refractivity contribution < 1.29 is 33.5 Å². The van der Waals surface area contributed by atoms with Crippen molar-refractivity contribution in [2.45, 2.75) is 32.9 Å². The second-order valence-corrected chi connectivity index (χ2v) is 11.1. The Bertz CT molecular complexity index is 1820. The van der Waals surface area contributed by atoms with Crippen LogP contribution in [0.4, 0.5) is 17.1 Å². The molecule has 0 atom stereocenters. The number of nitrogens with zero attached hydrogens (tertiary/aromatic N) is 2. The molecule has 4 aromatic carbocycles. The molecule has 11 heteroatoms. The Morgan fingerprint density at radius 2 is 1.67 bits per heavy atom. The average Bonchev–Trinajstić information content (AvgIpc) is 3.02. The summed E-state index contributed by atoms with van der Waals surface area (Å²) in [5.74, 6) is 0.515. The molecule has 5 rings (SSSR count). The molecule has 1 amide bonds. The van der Waals surface area contributed by atoms with Gasteiger partial charge in [-0.15, -0.1) is 0 Å². The number of esters is 1. The van der Waals surface area contributed by atoms with Crippen LogP contribution in [0, 0.1) is 17.0 Å². The van der Waals surface area contributed by atoms with Crippen molar-refractivity contribution in [2.75, 3.05) is 31.5 Å². The molecule has 4 aromatic rings. The fourth-order valence-electron chi connectivity index (χ4n) is 5.37. The highest BCUT2D eigenvalue weighted by Crippen LogP contribution is 2.45. The van der Waals surface area contributed by atoms with Crippen LogP contribution in [0.1, 0.15) is 35.3 Å². The molecule has 0 radical (unpaired) electrons. The molecule has 1 heterocycles. The molecule has 232 valence electrons. The van der Waals surface area contributed by atoms with Gasteiger partial charge in [0, 0.05) is 30.3 Å². The lowest BCUT2D eigenvalue weighted by Gasteiger charge is -2.39. The van der Waals surface area contributed by atoms with Gasteiger partial charge in [0.15, 0.2) is 11.5 Å². The number of benzene rings is 4. The maximum Gasteiger partial charge on any atom is 0.343 e. The van der Waals surface area contributed by atoms with Gasteiger partial charge >= 0.3 is 5.97 Å². The predicted molar refractivity (Wildman–Crippen MR) is 170 cm³/mol. The molecule has 0 bridgehead atoms. The summed E-state index contributed by atoms with van der Waals surface area (Å²) in [5.41, 5.74) is 3.56. The molecule has 11 nitrogen and oxygen atoms in total. The molecule has 1 aliphatic rings. The second-order valence-electron chi connectivity index (χ2n) is 11.1. The van der Waals surface area contributed by atoms with Crippen LogP contribution >= 0.6 is 0 Å². The number of nitro benzene ring substituents is 1. The van der Waals surface area contributed by atoms with Crippen LogP contribution < -0.4 is 29.2 Å². The molecule has 0 saturated carbocycles. The molecule has 0 spiro atoms. The smallest absolute Gasteiger partial charge is 0.343 e. The zero-order chi connectivity index (χ0) is 32.5. The van der Waals surface area contributed by atoms with Crippen molar-refractivity contribution in [3.63, 3.8) is 0 Å². The van der Waals surface area contributed by atoms with E-state index in [0.29, 0.717) is 45.1 Å². The van der Waals surface area contributed by atoms with Gasteiger partial charge in [-0.1, -0.05) is 23.8 Å². The number of hydrogen-bond donors (Lipinski definition) is 1. The lowest BCUT2D eigenvalue weighted by atomic mass is 9.91. The Kier molecular flexibility index (Phi) is 8.36. The van der Waals surface area contributed by atoms with E-state index in [0.717, 1.165) is 5.56 Å². The summed E-state index contributed by atoms with van der Waals surface area (Å²) in [6, 6.07) is 20.0. The number of ether oxygens (including phenoxy) is 4. The van der Waals surface area contributed by atoms with E-state index in [-0.39, 0.29) is 29.7 Å². The van der Waals surface area contributed by atoms with Crippen LogP contribution in [-0.2, 0) is 11.4 Å². The number of fused-ring (bicyclic) bond motifs is 1. The largest absolute Gasteiger partial charge is 0.496 e. The van der Waals surface area contributed by atoms with E-state index in [4.69, 9.17) is 18.9 Å². The van der Waals surface area contributed by atoms with Crippen molar-refractivity contribution in [1.29, 1.82) is 0 Å². The third-order valence-electron chi connectivity index (χ3n) is 7.56. The number of anilines is 2. The number of carbonyl (C=O) groups is 2. The van der Waals surface area contributed by atoms with Crippen LogP contribution in [0.3, 0.4) is 0 Å². The lowest BCUT2D eigenvalue weighted by molar-refractivity contribution is -0.385. The minimum atomic E-state index is -0.856. The highest BCUT2D eigenvalue weighted by molar-refractivity contribution is 6.08. The topological polar surface area (TPSA) is 129 Å². The zero-order valence-electron chi connectivity index (χ0n) is 25.8. The van der Waals surface area contributed by atoms with Crippen molar-refractivity contribution in [3.05, 3.63) is 99.6 Å². The van der Waals surface area contributed by atoms with Crippen molar-refractivity contribution in [2.24, 2.45) is 0 Å². The summed E-state index contributed by atoms with van der Waals surface area (Å²) in [7, 11) is 4.64. The molecule has 0 aromatic heterocycles. The Balaban J connectivity index is 1.59. The summed E-state index contributed by atoms with van der Waals surface area (Å²) < 4.78 is 23.0. The first-order chi connectivity index (χ1) is 21.4. The minimum absolute atomic E-state index is 0.0803. The van der Waals surface area contributed by atoms with Gasteiger partial charge in [-0.2, -0.15) is 0 Å². The Labute approximate surface area is 260 Å². The van der Waals surface area contributed by atoms with Crippen LogP contribution in [0.25, 0.3) is 11.1 Å². The standard InChI is InChI=1S/C34H33N3O8/c1-20-8-7-9-21(16-20)32(38)45-23-11-12-25(29(18-23)43-6)24-13-14-27-31(36(4)33(39)34(2,3)35-27)26(24)19-44-30-17-22(37(40)41)10-15-28(30)42-5/h7-18,35H,19H2,1-6H3. The number of aryl methyl sites for hydroxylation is 1. The van der Waals surface area contributed by atoms with Gasteiger partial charge in [0.05, 0.1) is 42.1 Å². The predicted octanol–water partition coefficient (Wildman–Crippen LogP) is 6.55. The third kappa shape index (κ3) is 6.10. The first-order valence-electron chi connectivity index (χ1n) is 14.1. The maximum absolute atomic E-state index is 13.4. The fourth-order valence-corrected chi connectivity index (χ4v) is 5.37. The number of hydrogen-bond acceptors (Lipinski definition) is 9. The van der Waals surface area contributed by atoms with Crippen molar-refractivity contribution in [3.8, 4) is 34.1 Å². The minimum Gasteiger partial charge on any atom is -0.496 e. The fraction of sp³-hybridized carbons (Fsp3) is 0.235. The quantitative estimate of drug-likeness (QED) is 0.0969. The van der Waals surface area contributed by atoms with Gasteiger partial charge < -0.3 is 29.2 Å². The Morgan fingerprint density at radius 1 is 0.933 bits per heavy atom. The van der Waals surface area contributed by atoms with E-state index in [1.54, 1.807) is 62.2 Å². The first-order valence-corrected chi connectivity index (χ1v) is 14.1. The summed E-state index contributed by atoms with van der Waals surface area (Å²) in [6.45, 7) is 5.41. The van der Waals surface area contributed by atoms with E-state index in [2.05, 4.69) is 5.32 Å². The summed E-state index contributed by atoms with van der Waals surface area (Å²) in [4.78, 5) is 38.7. The summed E-state index contributed by atoms with van der Waals surface area (Å²) >= 11 is 0. The Hall–Kier alpha value is -5.58. The molecular weight excluding hydrogens is 578 g/mol. The summed E-state index contributed by atoms with van der Waals surface area (Å²) in [6.07, 6.45) is 0. The Morgan fingerprint density at radius 3 is 2.36 bits per heavy atom. The molecule has 45 heavy (non-hydrogen) atoms. The number of nitrogens with one attached hydrogen (secondary N) is 1. The maximum atomic E-state index is 13.4. The molecule has 1 aliphatic heterocycles. The van der Waals surface area contributed by atoms with Gasteiger partial charge in [0.2, 0.25) is 0 Å². The molecule has 0 aliphatic carbocycles. The molecular formula is C34H33N3O8. The SMILES string of the molecule is COc1ccc([N+](=O)[O-])cc1OCc1c(-c2ccc(OC(=O)c3cccc(C)c3)cc2OC)ccc2c1N(C)C(=O)C(C)(C)N2. The number of methoxy groups -OCH3 is 2. The number of likely N-dealkylation sites (N-methyl/N-ethyl adjacent to an activating group) is 1. The zero-order valence-corrected chi connectivity index (χ0v) is 25.8. The number of rotatable bonds is 9. The normalized spacial score (nSPS) is 13.4. The number of non-ortho nitro benzene ring substituents is 1. The van der Waals surface area contributed by atoms with Crippen molar-refractivity contribution in [1.82, 2.24) is 0 Å². The number of nitro groups is 1. The van der Waals surface area contributed by atoms with E-state index in [1.807, 2.05) is 25.1 Å². The van der Waals surface area contributed by atoms with E-state index >= 15 is 0 Å². The summed E-state index contributed by atoms with van der Waals surface area (Å²) in [5, 5.41) is 14.8. The van der Waals surface area contributed by atoms with Crippen molar-refractivity contribution >= 4 is 28.9 Å². The number of amides is 1. The molecule has 0 saturated heterocycles. The first kappa shape index (κ1) is 30.9. The number of carbonyl (C=O) groups excluding carboxylic acids is 2. The van der Waals surface area contributed by atoms with Gasteiger partial charge in [-0.25, -0.2) is 4.79 Å². The molecule has 0 unspecified atom stereocenters. The van der Waals surface area contributed by atoms with Gasteiger partial charge in [0.25, 0.3) is 11.6 Å². The van der Waals surface area contributed by atoms with Crippen LogP contribution in [-0.4, -0.2) is 43.6 Å². The molecule has 0 fully saturated rings. The average molecular weight is 612 g/mol. The molecule has 1 N–H and O–H groups in total. The van der Waals surface area contributed by atoms with Crippen LogP contribution in [0.2, 0.25) is 0 Å². The lowest BCUT2D eigenvalue weighted by Crippen LogP contribution is -2.52. The highest BCUT2D eigenvalue weighted by atomic mass is 16.6. The van der Waals surface area contributed by atoms with Gasteiger partial charge in [-0.3, -0.25) is 14.9 Å². The van der Waals surface area contributed by atoms with Gasteiger partial charge in [-0.05, 0) is 62.7 Å². The third-order valence-corrected chi connectivity index (χ3v) is 7.56.